The molecule has 0 bridgehead atoms. The highest BCUT2D eigenvalue weighted by atomic mass is 19.4. The molecule has 3 rings (SSSR count). The van der Waals surface area contributed by atoms with E-state index in [1.807, 2.05) is 0 Å². The van der Waals surface area contributed by atoms with Crippen LogP contribution < -0.4 is 5.32 Å². The summed E-state index contributed by atoms with van der Waals surface area (Å²) in [6, 6.07) is 6.30. The van der Waals surface area contributed by atoms with E-state index in [1.165, 1.54) is 19.1 Å². The smallest absolute Gasteiger partial charge is 0.423 e. The molecule has 124 valence electrons. The number of hydrogen-bond donors (Lipinski definition) is 2. The van der Waals surface area contributed by atoms with Gasteiger partial charge in [-0.25, -0.2) is 0 Å². The Bertz CT molecular complexity index is 871. The molecule has 2 N–H and O–H groups in total. The molecule has 0 atom stereocenters. The van der Waals surface area contributed by atoms with Crippen molar-refractivity contribution in [3.05, 3.63) is 47.6 Å². The predicted octanol–water partition coefficient (Wildman–Crippen LogP) is 3.04. The highest BCUT2D eigenvalue weighted by Gasteiger charge is 2.39. The predicted molar refractivity (Wildman–Crippen MR) is 76.0 cm³/mol. The van der Waals surface area contributed by atoms with E-state index in [0.29, 0.717) is 5.56 Å². The Labute approximate surface area is 132 Å². The lowest BCUT2D eigenvalue weighted by Crippen LogP contribution is -2.18. The molecule has 0 saturated heterocycles. The molecular formula is C14H10F3N5O2. The molecule has 7 nitrogen and oxygen atoms in total. The van der Waals surface area contributed by atoms with Gasteiger partial charge in [0.15, 0.2) is 5.69 Å². The summed E-state index contributed by atoms with van der Waals surface area (Å²) in [4.78, 5) is 12.2. The van der Waals surface area contributed by atoms with Crippen molar-refractivity contribution in [1.29, 1.82) is 0 Å². The number of carbonyl (C=O) groups is 1. The van der Waals surface area contributed by atoms with Crippen molar-refractivity contribution >= 4 is 11.6 Å². The molecule has 0 radical (unpaired) electrons. The molecule has 0 unspecified atom stereocenters. The lowest BCUT2D eigenvalue weighted by molar-refractivity contribution is -0.141. The number of H-pyrrole nitrogens is 1. The second kappa shape index (κ2) is 5.80. The first kappa shape index (κ1) is 15.7. The SMILES string of the molecule is Cc1[nH]nc(C(F)(F)F)c1C(=O)Nc1cccc(-c2nnco2)c1. The first-order valence-corrected chi connectivity index (χ1v) is 6.66. The van der Waals surface area contributed by atoms with Crippen LogP contribution in [0, 0.1) is 6.92 Å². The third kappa shape index (κ3) is 2.98. The van der Waals surface area contributed by atoms with Crippen molar-refractivity contribution < 1.29 is 22.4 Å². The van der Waals surface area contributed by atoms with E-state index in [1.54, 1.807) is 12.1 Å². The molecule has 1 amide bonds. The van der Waals surface area contributed by atoms with Gasteiger partial charge in [-0.05, 0) is 25.1 Å². The van der Waals surface area contributed by atoms with Crippen molar-refractivity contribution in [3.8, 4) is 11.5 Å². The third-order valence-corrected chi connectivity index (χ3v) is 3.17. The average molecular weight is 337 g/mol. The van der Waals surface area contributed by atoms with Gasteiger partial charge in [-0.1, -0.05) is 6.07 Å². The molecule has 0 spiro atoms. The van der Waals surface area contributed by atoms with Crippen LogP contribution in [0.15, 0.2) is 35.1 Å². The van der Waals surface area contributed by atoms with Gasteiger partial charge in [-0.3, -0.25) is 9.89 Å². The van der Waals surface area contributed by atoms with Crippen LogP contribution in [0.25, 0.3) is 11.5 Å². The largest absolute Gasteiger partial charge is 0.435 e. The van der Waals surface area contributed by atoms with Crippen LogP contribution in [0.4, 0.5) is 18.9 Å². The Kier molecular flexibility index (Phi) is 3.80. The minimum absolute atomic E-state index is 0.0212. The van der Waals surface area contributed by atoms with Crippen LogP contribution in [-0.2, 0) is 6.18 Å². The fourth-order valence-electron chi connectivity index (χ4n) is 2.13. The normalized spacial score (nSPS) is 11.5. The Morgan fingerprint density at radius 2 is 2.12 bits per heavy atom. The molecule has 3 aromatic rings. The minimum atomic E-state index is -4.73. The van der Waals surface area contributed by atoms with Crippen LogP contribution in [-0.4, -0.2) is 26.3 Å². The summed E-state index contributed by atoms with van der Waals surface area (Å²) in [6.45, 7) is 1.34. The first-order chi connectivity index (χ1) is 11.4. The zero-order chi connectivity index (χ0) is 17.3. The highest BCUT2D eigenvalue weighted by Crippen LogP contribution is 2.32. The number of benzene rings is 1. The van der Waals surface area contributed by atoms with E-state index in [-0.39, 0.29) is 17.3 Å². The van der Waals surface area contributed by atoms with E-state index in [0.717, 1.165) is 6.39 Å². The molecule has 0 aliphatic carbocycles. The summed E-state index contributed by atoms with van der Waals surface area (Å²) in [5, 5.41) is 15.0. The second-order valence-corrected chi connectivity index (χ2v) is 4.85. The van der Waals surface area contributed by atoms with E-state index in [9.17, 15) is 18.0 Å². The van der Waals surface area contributed by atoms with Crippen molar-refractivity contribution in [3.63, 3.8) is 0 Å². The number of alkyl halides is 3. The van der Waals surface area contributed by atoms with Crippen LogP contribution in [0.3, 0.4) is 0 Å². The van der Waals surface area contributed by atoms with E-state index in [2.05, 4.69) is 25.7 Å². The molecule has 1 aromatic carbocycles. The Morgan fingerprint density at radius 1 is 1.33 bits per heavy atom. The van der Waals surface area contributed by atoms with Crippen LogP contribution >= 0.6 is 0 Å². The molecule has 10 heteroatoms. The molecule has 2 heterocycles. The lowest BCUT2D eigenvalue weighted by Gasteiger charge is -2.09. The molecule has 0 aliphatic rings. The number of anilines is 1. The average Bonchev–Trinajstić information content (AvgIpc) is 3.16. The Balaban J connectivity index is 1.89. The zero-order valence-electron chi connectivity index (χ0n) is 12.2. The van der Waals surface area contributed by atoms with Crippen molar-refractivity contribution in [2.75, 3.05) is 5.32 Å². The molecular weight excluding hydrogens is 327 g/mol. The van der Waals surface area contributed by atoms with Gasteiger partial charge >= 0.3 is 6.18 Å². The molecule has 24 heavy (non-hydrogen) atoms. The molecule has 0 fully saturated rings. The van der Waals surface area contributed by atoms with Gasteiger partial charge < -0.3 is 9.73 Å². The quantitative estimate of drug-likeness (QED) is 0.766. The summed E-state index contributed by atoms with van der Waals surface area (Å²) >= 11 is 0. The van der Waals surface area contributed by atoms with Crippen LogP contribution in [0.2, 0.25) is 0 Å². The van der Waals surface area contributed by atoms with Crippen molar-refractivity contribution in [1.82, 2.24) is 20.4 Å². The van der Waals surface area contributed by atoms with Crippen molar-refractivity contribution in [2.45, 2.75) is 13.1 Å². The van der Waals surface area contributed by atoms with Crippen LogP contribution in [0.5, 0.6) is 0 Å². The number of amides is 1. The standard InChI is InChI=1S/C14H10F3N5O2/c1-7-10(11(21-20-7)14(15,16)17)12(23)19-9-4-2-3-8(5-9)13-22-18-6-24-13/h2-6H,1H3,(H,19,23)(H,20,21). The maximum Gasteiger partial charge on any atom is 0.435 e. The second-order valence-electron chi connectivity index (χ2n) is 4.85. The first-order valence-electron chi connectivity index (χ1n) is 6.66. The van der Waals surface area contributed by atoms with Crippen LogP contribution in [0.1, 0.15) is 21.7 Å². The Morgan fingerprint density at radius 3 is 2.79 bits per heavy atom. The number of hydrogen-bond acceptors (Lipinski definition) is 5. The number of halogens is 3. The van der Waals surface area contributed by atoms with E-state index < -0.39 is 23.3 Å². The van der Waals surface area contributed by atoms with Gasteiger partial charge in [-0.15, -0.1) is 10.2 Å². The van der Waals surface area contributed by atoms with Crippen molar-refractivity contribution in [2.24, 2.45) is 0 Å². The van der Waals surface area contributed by atoms with E-state index >= 15 is 0 Å². The third-order valence-electron chi connectivity index (χ3n) is 3.17. The highest BCUT2D eigenvalue weighted by molar-refractivity contribution is 6.06. The summed E-state index contributed by atoms with van der Waals surface area (Å²) in [7, 11) is 0. The monoisotopic (exact) mass is 337 g/mol. The fraction of sp³-hybridized carbons (Fsp3) is 0.143. The van der Waals surface area contributed by atoms with Gasteiger partial charge in [0.05, 0.1) is 5.56 Å². The minimum Gasteiger partial charge on any atom is -0.423 e. The van der Waals surface area contributed by atoms with Gasteiger partial charge in [-0.2, -0.15) is 18.3 Å². The number of aromatic amines is 1. The number of aryl methyl sites for hydroxylation is 1. The summed E-state index contributed by atoms with van der Waals surface area (Å²) in [5.41, 5.74) is -0.987. The van der Waals surface area contributed by atoms with Gasteiger partial charge in [0.25, 0.3) is 5.91 Å². The van der Waals surface area contributed by atoms with Gasteiger partial charge in [0.1, 0.15) is 0 Å². The van der Waals surface area contributed by atoms with Gasteiger partial charge in [0, 0.05) is 16.9 Å². The zero-order valence-corrected chi connectivity index (χ0v) is 12.2. The molecule has 0 aliphatic heterocycles. The molecule has 2 aromatic heterocycles. The number of nitrogens with zero attached hydrogens (tertiary/aromatic N) is 3. The number of carbonyl (C=O) groups excluding carboxylic acids is 1. The number of aromatic nitrogens is 4. The summed E-state index contributed by atoms with van der Waals surface area (Å²) < 4.78 is 43.8. The maximum absolute atomic E-state index is 12.9. The lowest BCUT2D eigenvalue weighted by atomic mass is 10.1. The summed E-state index contributed by atoms with van der Waals surface area (Å²) in [5.74, 6) is -0.696. The van der Waals surface area contributed by atoms with E-state index in [4.69, 9.17) is 4.42 Å². The number of nitrogens with one attached hydrogen (secondary N) is 2. The maximum atomic E-state index is 12.9. The topological polar surface area (TPSA) is 96.7 Å². The number of rotatable bonds is 3. The Hall–Kier alpha value is -3.17. The summed E-state index contributed by atoms with van der Waals surface area (Å²) in [6.07, 6.45) is -3.59. The molecule has 0 saturated carbocycles. The fourth-order valence-corrected chi connectivity index (χ4v) is 2.13. The van der Waals surface area contributed by atoms with Gasteiger partial charge in [0.2, 0.25) is 12.3 Å².